The van der Waals surface area contributed by atoms with E-state index in [0.717, 1.165) is 14.5 Å². The molecule has 3 N–H and O–H groups in total. The molecule has 2 aromatic carbocycles. The molecule has 0 saturated heterocycles. The molecular weight excluding hydrogens is 420 g/mol. The predicted octanol–water partition coefficient (Wildman–Crippen LogP) is 3.78. The Labute approximate surface area is 141 Å². The molecule has 0 unspecified atom stereocenters. The van der Waals surface area contributed by atoms with Crippen LogP contribution in [0.4, 0.5) is 5.69 Å². The Hall–Kier alpha value is -0.890. The van der Waals surface area contributed by atoms with E-state index < -0.39 is 10.0 Å². The van der Waals surface area contributed by atoms with Gasteiger partial charge < -0.3 is 5.73 Å². The average Bonchev–Trinajstić information content (AvgIpc) is 2.43. The van der Waals surface area contributed by atoms with Crippen LogP contribution in [0.2, 0.25) is 0 Å². The van der Waals surface area contributed by atoms with Crippen LogP contribution in [-0.2, 0) is 16.6 Å². The molecule has 0 aliphatic carbocycles. The highest BCUT2D eigenvalue weighted by atomic mass is 79.9. The molecule has 0 bridgehead atoms. The lowest BCUT2D eigenvalue weighted by Gasteiger charge is -2.13. The number of nitrogens with two attached hydrogens (primary N) is 1. The third-order valence-corrected chi connectivity index (χ3v) is 5.84. The lowest BCUT2D eigenvalue weighted by Crippen LogP contribution is -2.15. The lowest BCUT2D eigenvalue weighted by molar-refractivity contribution is 0.600. The molecule has 0 spiro atoms. The number of hydrogen-bond donors (Lipinski definition) is 2. The zero-order chi connectivity index (χ0) is 15.6. The van der Waals surface area contributed by atoms with Crippen molar-refractivity contribution in [3.05, 3.63) is 56.5 Å². The monoisotopic (exact) mass is 432 g/mol. The molecule has 2 aromatic rings. The highest BCUT2D eigenvalue weighted by Gasteiger charge is 2.19. The summed E-state index contributed by atoms with van der Waals surface area (Å²) in [6.45, 7) is 2.03. The summed E-state index contributed by atoms with van der Waals surface area (Å²) in [5.41, 5.74) is 7.52. The fourth-order valence-electron chi connectivity index (χ4n) is 1.83. The number of benzene rings is 2. The number of anilines is 1. The van der Waals surface area contributed by atoms with Gasteiger partial charge in [0.2, 0.25) is 0 Å². The second-order valence-corrected chi connectivity index (χ2v) is 7.94. The van der Waals surface area contributed by atoms with E-state index in [1.54, 1.807) is 37.3 Å². The Morgan fingerprint density at radius 3 is 2.33 bits per heavy atom. The maximum atomic E-state index is 12.5. The van der Waals surface area contributed by atoms with Gasteiger partial charge in [-0.15, -0.1) is 0 Å². The first kappa shape index (κ1) is 16.5. The SMILES string of the molecule is Cc1c(Br)cc(CN)cc1S(=O)(=O)Nc1ccc(Br)cc1. The van der Waals surface area contributed by atoms with Crippen LogP contribution in [0, 0.1) is 6.92 Å². The van der Waals surface area contributed by atoms with Crippen molar-refractivity contribution in [1.82, 2.24) is 0 Å². The van der Waals surface area contributed by atoms with E-state index in [1.807, 2.05) is 6.07 Å². The van der Waals surface area contributed by atoms with Gasteiger partial charge >= 0.3 is 0 Å². The maximum absolute atomic E-state index is 12.5. The second kappa shape index (κ2) is 6.48. The van der Waals surface area contributed by atoms with Gasteiger partial charge in [0, 0.05) is 21.2 Å². The summed E-state index contributed by atoms with van der Waals surface area (Å²) in [5, 5.41) is 0. The van der Waals surface area contributed by atoms with Crippen LogP contribution in [0.25, 0.3) is 0 Å². The zero-order valence-electron chi connectivity index (χ0n) is 11.2. The summed E-state index contributed by atoms with van der Waals surface area (Å²) in [5.74, 6) is 0. The molecule has 0 amide bonds. The summed E-state index contributed by atoms with van der Waals surface area (Å²) in [7, 11) is -3.66. The van der Waals surface area contributed by atoms with E-state index in [4.69, 9.17) is 5.73 Å². The lowest BCUT2D eigenvalue weighted by atomic mass is 10.1. The largest absolute Gasteiger partial charge is 0.326 e. The van der Waals surface area contributed by atoms with Gasteiger partial charge in [0.05, 0.1) is 4.90 Å². The molecule has 0 heterocycles. The molecule has 4 nitrogen and oxygen atoms in total. The first-order valence-corrected chi connectivity index (χ1v) is 9.18. The third kappa shape index (κ3) is 3.85. The smallest absolute Gasteiger partial charge is 0.262 e. The van der Waals surface area contributed by atoms with E-state index in [1.165, 1.54) is 0 Å². The number of nitrogens with one attached hydrogen (secondary N) is 1. The Bertz CT molecular complexity index is 759. The molecule has 0 radical (unpaired) electrons. The highest BCUT2D eigenvalue weighted by Crippen LogP contribution is 2.27. The molecule has 0 saturated carbocycles. The van der Waals surface area contributed by atoms with Crippen LogP contribution in [-0.4, -0.2) is 8.42 Å². The van der Waals surface area contributed by atoms with E-state index in [9.17, 15) is 8.42 Å². The minimum atomic E-state index is -3.66. The van der Waals surface area contributed by atoms with Crippen molar-refractivity contribution in [2.45, 2.75) is 18.4 Å². The standard InChI is InChI=1S/C14H14Br2N2O2S/c1-9-13(16)6-10(8-17)7-14(9)21(19,20)18-12-4-2-11(15)3-5-12/h2-7,18H,8,17H2,1H3. The quantitative estimate of drug-likeness (QED) is 0.770. The van der Waals surface area contributed by atoms with Crippen molar-refractivity contribution in [1.29, 1.82) is 0 Å². The topological polar surface area (TPSA) is 72.2 Å². The van der Waals surface area contributed by atoms with Crippen LogP contribution < -0.4 is 10.5 Å². The van der Waals surface area contributed by atoms with Crippen molar-refractivity contribution in [2.75, 3.05) is 4.72 Å². The summed E-state index contributed by atoms with van der Waals surface area (Å²) in [4.78, 5) is 0.222. The normalized spacial score (nSPS) is 11.4. The van der Waals surface area contributed by atoms with Crippen LogP contribution in [0.5, 0.6) is 0 Å². The summed E-state index contributed by atoms with van der Waals surface area (Å²) in [6.07, 6.45) is 0. The average molecular weight is 434 g/mol. The van der Waals surface area contributed by atoms with E-state index in [0.29, 0.717) is 11.3 Å². The Morgan fingerprint density at radius 2 is 1.76 bits per heavy atom. The van der Waals surface area contributed by atoms with Gasteiger partial charge in [0.15, 0.2) is 0 Å². The molecule has 0 aromatic heterocycles. The number of halogens is 2. The van der Waals surface area contributed by atoms with Gasteiger partial charge in [-0.3, -0.25) is 4.72 Å². The Kier molecular flexibility index (Phi) is 5.08. The molecule has 21 heavy (non-hydrogen) atoms. The molecule has 0 aliphatic rings. The minimum absolute atomic E-state index is 0.222. The second-order valence-electron chi connectivity index (χ2n) is 4.52. The van der Waals surface area contributed by atoms with Crippen molar-refractivity contribution in [3.8, 4) is 0 Å². The van der Waals surface area contributed by atoms with Crippen molar-refractivity contribution in [3.63, 3.8) is 0 Å². The van der Waals surface area contributed by atoms with Crippen molar-refractivity contribution in [2.24, 2.45) is 5.73 Å². The summed E-state index contributed by atoms with van der Waals surface area (Å²) < 4.78 is 29.3. The van der Waals surface area contributed by atoms with Crippen molar-refractivity contribution < 1.29 is 8.42 Å². The molecule has 0 fully saturated rings. The van der Waals surface area contributed by atoms with Gasteiger partial charge in [0.25, 0.3) is 10.0 Å². The first-order valence-electron chi connectivity index (χ1n) is 6.11. The number of sulfonamides is 1. The molecule has 7 heteroatoms. The van der Waals surface area contributed by atoms with E-state index in [2.05, 4.69) is 36.6 Å². The van der Waals surface area contributed by atoms with Crippen LogP contribution >= 0.6 is 31.9 Å². The fraction of sp³-hybridized carbons (Fsp3) is 0.143. The minimum Gasteiger partial charge on any atom is -0.326 e. The summed E-state index contributed by atoms with van der Waals surface area (Å²) >= 11 is 6.68. The molecule has 112 valence electrons. The van der Waals surface area contributed by atoms with E-state index in [-0.39, 0.29) is 11.4 Å². The van der Waals surface area contributed by atoms with Gasteiger partial charge in [-0.2, -0.15) is 0 Å². The van der Waals surface area contributed by atoms with Crippen LogP contribution in [0.1, 0.15) is 11.1 Å². The van der Waals surface area contributed by atoms with Crippen molar-refractivity contribution >= 4 is 47.6 Å². The molecule has 0 aliphatic heterocycles. The van der Waals surface area contributed by atoms with Gasteiger partial charge in [-0.05, 0) is 54.4 Å². The highest BCUT2D eigenvalue weighted by molar-refractivity contribution is 9.10. The van der Waals surface area contributed by atoms with E-state index >= 15 is 0 Å². The molecule has 0 atom stereocenters. The molecule has 2 rings (SSSR count). The predicted molar refractivity (Wildman–Crippen MR) is 91.7 cm³/mol. The van der Waals surface area contributed by atoms with Gasteiger partial charge in [-0.1, -0.05) is 31.9 Å². The Morgan fingerprint density at radius 1 is 1.14 bits per heavy atom. The number of rotatable bonds is 4. The van der Waals surface area contributed by atoms with Crippen LogP contribution in [0.15, 0.2) is 50.2 Å². The van der Waals surface area contributed by atoms with Crippen LogP contribution in [0.3, 0.4) is 0 Å². The first-order chi connectivity index (χ1) is 9.83. The van der Waals surface area contributed by atoms with Gasteiger partial charge in [-0.25, -0.2) is 8.42 Å². The maximum Gasteiger partial charge on any atom is 0.262 e. The zero-order valence-corrected chi connectivity index (χ0v) is 15.2. The summed E-state index contributed by atoms with van der Waals surface area (Å²) in [6, 6.07) is 10.4. The van der Waals surface area contributed by atoms with Gasteiger partial charge in [0.1, 0.15) is 0 Å². The fourth-order valence-corrected chi connectivity index (χ4v) is 4.11. The third-order valence-electron chi connectivity index (χ3n) is 2.98. The Balaban J connectivity index is 2.44. The molecular formula is C14H14Br2N2O2S. The number of hydrogen-bond acceptors (Lipinski definition) is 3.